The molecule has 0 saturated heterocycles. The molecule has 8 N–H and O–H groups in total. The summed E-state index contributed by atoms with van der Waals surface area (Å²) < 4.78 is 0. The van der Waals surface area contributed by atoms with E-state index in [2.05, 4.69) is 10.6 Å². The molecule has 0 aliphatic heterocycles. The zero-order valence-corrected chi connectivity index (χ0v) is 21.4. The summed E-state index contributed by atoms with van der Waals surface area (Å²) >= 11 is 0. The van der Waals surface area contributed by atoms with Crippen LogP contribution in [0.1, 0.15) is 30.9 Å². The van der Waals surface area contributed by atoms with Gasteiger partial charge in [-0.05, 0) is 57.5 Å². The molecular weight excluding hydrogens is 496 g/mol. The van der Waals surface area contributed by atoms with Gasteiger partial charge in [0.15, 0.2) is 11.4 Å². The number of amides is 2. The molecular formula is C26H32N4O8. The number of nitrogens with two attached hydrogens (primary N) is 1. The van der Waals surface area contributed by atoms with Crippen molar-refractivity contribution < 1.29 is 39.6 Å². The van der Waals surface area contributed by atoms with Crippen LogP contribution in [-0.4, -0.2) is 87.5 Å². The SMILES string of the molecule is CCCNCC(=O)Nc1ccc2c(c1O)C(O)=C1C(=O)C3(O)C(O)=C(C(N)=O)C(=O)[C@@H](N(C)C)C3CC1C2. The van der Waals surface area contributed by atoms with Gasteiger partial charge >= 0.3 is 0 Å². The van der Waals surface area contributed by atoms with Crippen LogP contribution in [0.2, 0.25) is 0 Å². The molecule has 3 aliphatic rings. The van der Waals surface area contributed by atoms with Crippen molar-refractivity contribution in [2.24, 2.45) is 17.6 Å². The number of anilines is 1. The van der Waals surface area contributed by atoms with Crippen LogP contribution in [0.4, 0.5) is 5.69 Å². The third-order valence-corrected chi connectivity index (χ3v) is 7.58. The molecule has 204 valence electrons. The van der Waals surface area contributed by atoms with Crippen LogP contribution in [0.25, 0.3) is 5.76 Å². The number of aromatic hydroxyl groups is 1. The number of ketones is 2. The van der Waals surface area contributed by atoms with Crippen molar-refractivity contribution in [2.45, 2.75) is 37.8 Å². The number of Topliss-reactive ketones (excluding diaryl/α,β-unsaturated/α-hetero) is 2. The molecule has 1 fully saturated rings. The first kappa shape index (κ1) is 27.3. The van der Waals surface area contributed by atoms with Crippen LogP contribution in [0.15, 0.2) is 29.0 Å². The van der Waals surface area contributed by atoms with Crippen molar-refractivity contribution >= 4 is 34.8 Å². The maximum Gasteiger partial charge on any atom is 0.255 e. The summed E-state index contributed by atoms with van der Waals surface area (Å²) in [5.74, 6) is -7.61. The fourth-order valence-electron chi connectivity index (χ4n) is 5.89. The number of hydrogen-bond acceptors (Lipinski definition) is 10. The van der Waals surface area contributed by atoms with Crippen LogP contribution in [0.3, 0.4) is 0 Å². The number of aliphatic hydroxyl groups excluding tert-OH is 2. The fourth-order valence-corrected chi connectivity index (χ4v) is 5.89. The molecule has 0 bridgehead atoms. The Kier molecular flexibility index (Phi) is 7.08. The minimum Gasteiger partial charge on any atom is -0.508 e. The first-order chi connectivity index (χ1) is 17.9. The lowest BCUT2D eigenvalue weighted by atomic mass is 9.57. The molecule has 0 heterocycles. The first-order valence-electron chi connectivity index (χ1n) is 12.4. The van der Waals surface area contributed by atoms with Crippen molar-refractivity contribution in [1.82, 2.24) is 10.2 Å². The molecule has 1 aromatic carbocycles. The van der Waals surface area contributed by atoms with E-state index in [4.69, 9.17) is 5.73 Å². The van der Waals surface area contributed by atoms with Gasteiger partial charge in [0, 0.05) is 11.5 Å². The van der Waals surface area contributed by atoms with Gasteiger partial charge in [-0.25, -0.2) is 0 Å². The second-order valence-electron chi connectivity index (χ2n) is 10.2. The molecule has 3 aliphatic carbocycles. The number of rotatable bonds is 7. The predicted octanol–water partition coefficient (Wildman–Crippen LogP) is -0.0979. The Labute approximate surface area is 218 Å². The van der Waals surface area contributed by atoms with Crippen LogP contribution < -0.4 is 16.4 Å². The molecule has 0 aromatic heterocycles. The molecule has 0 spiro atoms. The van der Waals surface area contributed by atoms with Gasteiger partial charge in [0.05, 0.1) is 23.8 Å². The minimum atomic E-state index is -2.70. The Morgan fingerprint density at radius 1 is 1.18 bits per heavy atom. The average Bonchev–Trinajstić information content (AvgIpc) is 2.83. The molecule has 2 amide bonds. The van der Waals surface area contributed by atoms with Gasteiger partial charge in [-0.3, -0.25) is 24.1 Å². The van der Waals surface area contributed by atoms with E-state index in [1.807, 2.05) is 6.92 Å². The summed E-state index contributed by atoms with van der Waals surface area (Å²) in [5, 5.41) is 50.1. The lowest BCUT2D eigenvalue weighted by Crippen LogP contribution is -2.65. The van der Waals surface area contributed by atoms with Crippen LogP contribution in [0.5, 0.6) is 5.75 Å². The smallest absolute Gasteiger partial charge is 0.255 e. The zero-order valence-electron chi connectivity index (χ0n) is 21.4. The summed E-state index contributed by atoms with van der Waals surface area (Å²) in [4.78, 5) is 52.6. The van der Waals surface area contributed by atoms with Gasteiger partial charge < -0.3 is 36.8 Å². The van der Waals surface area contributed by atoms with E-state index in [0.29, 0.717) is 12.1 Å². The number of nitrogens with one attached hydrogen (secondary N) is 2. The fraction of sp³-hybridized carbons (Fsp3) is 0.462. The van der Waals surface area contributed by atoms with Gasteiger partial charge in [-0.2, -0.15) is 0 Å². The second kappa shape index (κ2) is 9.86. The van der Waals surface area contributed by atoms with Crippen LogP contribution in [-0.2, 0) is 25.6 Å². The van der Waals surface area contributed by atoms with E-state index in [-0.39, 0.29) is 36.2 Å². The maximum absolute atomic E-state index is 13.8. The number of carbonyl (C=O) groups excluding carboxylic acids is 4. The lowest BCUT2D eigenvalue weighted by Gasteiger charge is -2.50. The highest BCUT2D eigenvalue weighted by Crippen LogP contribution is 2.53. The number of phenols is 1. The highest BCUT2D eigenvalue weighted by molar-refractivity contribution is 6.24. The van der Waals surface area contributed by atoms with Gasteiger partial charge in [0.25, 0.3) is 5.91 Å². The summed E-state index contributed by atoms with van der Waals surface area (Å²) in [5.41, 5.74) is 1.94. The number of benzene rings is 1. The van der Waals surface area contributed by atoms with Crippen molar-refractivity contribution in [3.8, 4) is 5.75 Å². The topological polar surface area (TPSA) is 203 Å². The van der Waals surface area contributed by atoms with Crippen LogP contribution >= 0.6 is 0 Å². The monoisotopic (exact) mass is 528 g/mol. The average molecular weight is 529 g/mol. The molecule has 4 rings (SSSR count). The predicted molar refractivity (Wildman–Crippen MR) is 136 cm³/mol. The Balaban J connectivity index is 1.80. The Morgan fingerprint density at radius 2 is 1.87 bits per heavy atom. The summed E-state index contributed by atoms with van der Waals surface area (Å²) in [6, 6.07) is 1.96. The number of phenolic OH excluding ortho intramolecular Hbond substituents is 1. The van der Waals surface area contributed by atoms with Crippen molar-refractivity contribution in [3.63, 3.8) is 0 Å². The molecule has 3 unspecified atom stereocenters. The summed E-state index contributed by atoms with van der Waals surface area (Å²) in [7, 11) is 3.08. The van der Waals surface area contributed by atoms with E-state index < -0.39 is 69.7 Å². The van der Waals surface area contributed by atoms with Crippen molar-refractivity contribution in [2.75, 3.05) is 32.5 Å². The second-order valence-corrected chi connectivity index (χ2v) is 10.2. The molecule has 38 heavy (non-hydrogen) atoms. The van der Waals surface area contributed by atoms with E-state index >= 15 is 0 Å². The van der Waals surface area contributed by atoms with E-state index in [1.54, 1.807) is 20.2 Å². The van der Waals surface area contributed by atoms with Crippen molar-refractivity contribution in [3.05, 3.63) is 40.2 Å². The van der Waals surface area contributed by atoms with E-state index in [9.17, 15) is 39.6 Å². The maximum atomic E-state index is 13.8. The van der Waals surface area contributed by atoms with E-state index in [1.165, 1.54) is 11.0 Å². The molecule has 12 heteroatoms. The van der Waals surface area contributed by atoms with Gasteiger partial charge in [-0.15, -0.1) is 0 Å². The lowest BCUT2D eigenvalue weighted by molar-refractivity contribution is -0.153. The van der Waals surface area contributed by atoms with Crippen LogP contribution in [0, 0.1) is 11.8 Å². The molecule has 0 radical (unpaired) electrons. The van der Waals surface area contributed by atoms with Crippen molar-refractivity contribution in [1.29, 1.82) is 0 Å². The Hall–Kier alpha value is -3.74. The number of likely N-dealkylation sites (N-methyl/N-ethyl adjacent to an activating group) is 1. The van der Waals surface area contributed by atoms with E-state index in [0.717, 1.165) is 6.42 Å². The zero-order chi connectivity index (χ0) is 28.1. The number of hydrogen-bond donors (Lipinski definition) is 7. The molecule has 4 atom stereocenters. The summed E-state index contributed by atoms with van der Waals surface area (Å²) in [6.07, 6.45) is 1.01. The minimum absolute atomic E-state index is 0.00594. The first-order valence-corrected chi connectivity index (χ1v) is 12.4. The normalized spacial score (nSPS) is 26.7. The third-order valence-electron chi connectivity index (χ3n) is 7.58. The number of nitrogens with zero attached hydrogens (tertiary/aromatic N) is 1. The van der Waals surface area contributed by atoms with Gasteiger partial charge in [-0.1, -0.05) is 13.0 Å². The highest BCUT2D eigenvalue weighted by Gasteiger charge is 2.64. The number of primary amides is 1. The molecule has 1 saturated carbocycles. The Morgan fingerprint density at radius 3 is 2.47 bits per heavy atom. The quantitative estimate of drug-likeness (QED) is 0.142. The van der Waals surface area contributed by atoms with Gasteiger partial charge in [0.2, 0.25) is 11.7 Å². The van der Waals surface area contributed by atoms with Gasteiger partial charge in [0.1, 0.15) is 22.8 Å². The molecule has 1 aromatic rings. The molecule has 12 nitrogen and oxygen atoms in total. The largest absolute Gasteiger partial charge is 0.508 e. The summed E-state index contributed by atoms with van der Waals surface area (Å²) in [6.45, 7) is 2.58. The highest BCUT2D eigenvalue weighted by atomic mass is 16.3. The number of aliphatic hydroxyl groups is 3. The Bertz CT molecular complexity index is 1300. The number of fused-ring (bicyclic) bond motifs is 3. The number of carbonyl (C=O) groups is 4. The third kappa shape index (κ3) is 4.05. The standard InChI is InChI=1S/C26H32N4O8/c1-4-7-28-10-15(31)29-14-6-5-11-8-12-9-13-19(30(2)3)22(34)18(25(27)37)24(36)26(13,38)23(35)17(12)21(33)16(11)20(14)32/h5-6,12-13,19,28,32-33,36,38H,4,7-10H2,1-3H3,(H2,27,37)(H,29,31)/t12?,13?,19-,26?/m0/s1.